The minimum atomic E-state index is -3.94. The van der Waals surface area contributed by atoms with Gasteiger partial charge in [-0.2, -0.15) is 9.40 Å². The summed E-state index contributed by atoms with van der Waals surface area (Å²) in [4.78, 5) is 24.8. The van der Waals surface area contributed by atoms with E-state index in [9.17, 15) is 23.1 Å². The molecule has 236 valence electrons. The molecule has 1 fully saturated rings. The smallest absolute Gasteiger partial charge is 0.337 e. The highest BCUT2D eigenvalue weighted by Gasteiger charge is 2.32. The normalized spacial score (nSPS) is 14.7. The van der Waals surface area contributed by atoms with Crippen LogP contribution in [0.3, 0.4) is 0 Å². The number of nitrogens with zero attached hydrogens (tertiary/aromatic N) is 3. The molecule has 45 heavy (non-hydrogen) atoms. The van der Waals surface area contributed by atoms with Crippen LogP contribution in [0.4, 0.5) is 16.3 Å². The molecule has 0 saturated carbocycles. The molecule has 1 aliphatic rings. The van der Waals surface area contributed by atoms with Crippen LogP contribution in [-0.4, -0.2) is 52.7 Å². The van der Waals surface area contributed by atoms with Crippen LogP contribution in [-0.2, 0) is 21.9 Å². The number of anilines is 2. The van der Waals surface area contributed by atoms with Gasteiger partial charge in [0, 0.05) is 30.3 Å². The van der Waals surface area contributed by atoms with Crippen molar-refractivity contribution < 1.29 is 23.1 Å². The van der Waals surface area contributed by atoms with Gasteiger partial charge in [-0.1, -0.05) is 68.8 Å². The maximum atomic E-state index is 13.3. The maximum Gasteiger partial charge on any atom is 0.337 e. The van der Waals surface area contributed by atoms with Gasteiger partial charge in [-0.3, -0.25) is 5.32 Å². The SMILES string of the molecule is Cc1ccc(-n2nc(C(C)(C)C)cc2NC(=O)Nc2ccccc2CC2CCN(S(=O)(=O)c3ccccc3C(=O)O)CC2)cc1. The molecule has 0 spiro atoms. The standard InChI is InChI=1S/C34H39N5O5S/c1-23-13-15-26(16-14-23)39-31(22-30(37-39)34(2,3)4)36-33(42)35-28-11-7-5-9-25(28)21-24-17-19-38(20-18-24)45(43,44)29-12-8-6-10-27(29)32(40)41/h5-16,22,24H,17-21H2,1-4H3,(H,40,41)(H2,35,36,42). The Hall–Kier alpha value is -4.48. The van der Waals surface area contributed by atoms with E-state index >= 15 is 0 Å². The van der Waals surface area contributed by atoms with Gasteiger partial charge in [0.15, 0.2) is 0 Å². The number of amides is 2. The van der Waals surface area contributed by atoms with E-state index in [0.717, 1.165) is 22.5 Å². The third-order valence-electron chi connectivity index (χ3n) is 8.08. The van der Waals surface area contributed by atoms with E-state index in [2.05, 4.69) is 31.4 Å². The number of para-hydroxylation sites is 1. The summed E-state index contributed by atoms with van der Waals surface area (Å²) in [7, 11) is -3.94. The van der Waals surface area contributed by atoms with Crippen LogP contribution in [0.15, 0.2) is 83.8 Å². The number of carboxylic acids is 1. The van der Waals surface area contributed by atoms with Gasteiger partial charge in [0.05, 0.1) is 21.8 Å². The fraction of sp³-hybridized carbons (Fsp3) is 0.324. The molecule has 2 heterocycles. The first-order valence-electron chi connectivity index (χ1n) is 15.0. The van der Waals surface area contributed by atoms with Gasteiger partial charge in [-0.05, 0) is 68.0 Å². The number of hydrogen-bond donors (Lipinski definition) is 3. The fourth-order valence-corrected chi connectivity index (χ4v) is 7.14. The number of carbonyl (C=O) groups is 2. The summed E-state index contributed by atoms with van der Waals surface area (Å²) in [6, 6.07) is 22.7. The highest BCUT2D eigenvalue weighted by Crippen LogP contribution is 2.30. The summed E-state index contributed by atoms with van der Waals surface area (Å²) in [5, 5.41) is 20.3. The average Bonchev–Trinajstić information content (AvgIpc) is 3.43. The van der Waals surface area contributed by atoms with E-state index in [1.165, 1.54) is 28.6 Å². The van der Waals surface area contributed by atoms with Gasteiger partial charge in [-0.15, -0.1) is 0 Å². The number of rotatable bonds is 8. The largest absolute Gasteiger partial charge is 0.478 e. The Balaban J connectivity index is 1.26. The molecule has 0 unspecified atom stereocenters. The Morgan fingerprint density at radius 2 is 1.58 bits per heavy atom. The number of hydrogen-bond acceptors (Lipinski definition) is 5. The zero-order valence-electron chi connectivity index (χ0n) is 25.9. The number of aromatic nitrogens is 2. The van der Waals surface area contributed by atoms with Crippen LogP contribution >= 0.6 is 0 Å². The maximum absolute atomic E-state index is 13.3. The summed E-state index contributed by atoms with van der Waals surface area (Å²) in [6.07, 6.45) is 1.88. The second kappa shape index (κ2) is 12.9. The molecule has 0 aliphatic carbocycles. The number of urea groups is 1. The van der Waals surface area contributed by atoms with E-state index in [4.69, 9.17) is 5.10 Å². The Labute approximate surface area is 264 Å². The minimum Gasteiger partial charge on any atom is -0.478 e. The molecule has 0 radical (unpaired) electrons. The van der Waals surface area contributed by atoms with Crippen molar-refractivity contribution >= 4 is 33.5 Å². The van der Waals surface area contributed by atoms with Crippen LogP contribution < -0.4 is 10.6 Å². The van der Waals surface area contributed by atoms with Crippen molar-refractivity contribution in [3.63, 3.8) is 0 Å². The third kappa shape index (κ3) is 7.26. The van der Waals surface area contributed by atoms with Gasteiger partial charge >= 0.3 is 12.0 Å². The van der Waals surface area contributed by atoms with Crippen LogP contribution in [0.2, 0.25) is 0 Å². The van der Waals surface area contributed by atoms with Crippen LogP contribution in [0.1, 0.15) is 60.8 Å². The topological polar surface area (TPSA) is 134 Å². The van der Waals surface area contributed by atoms with E-state index in [0.29, 0.717) is 30.8 Å². The second-order valence-corrected chi connectivity index (χ2v) is 14.4. The van der Waals surface area contributed by atoms with Gasteiger partial charge in [0.1, 0.15) is 5.82 Å². The van der Waals surface area contributed by atoms with Crippen molar-refractivity contribution in [1.29, 1.82) is 0 Å². The molecule has 11 heteroatoms. The zero-order valence-corrected chi connectivity index (χ0v) is 26.8. The Morgan fingerprint density at radius 3 is 2.24 bits per heavy atom. The molecule has 3 N–H and O–H groups in total. The van der Waals surface area contributed by atoms with E-state index in [1.807, 2.05) is 61.5 Å². The molecule has 10 nitrogen and oxygen atoms in total. The van der Waals surface area contributed by atoms with E-state index in [1.54, 1.807) is 4.68 Å². The molecular formula is C34H39N5O5S. The Bertz CT molecular complexity index is 1800. The quantitative estimate of drug-likeness (QED) is 0.205. The van der Waals surface area contributed by atoms with Crippen LogP contribution in [0, 0.1) is 12.8 Å². The molecule has 2 amide bonds. The Kier molecular flexibility index (Phi) is 9.13. The number of carbonyl (C=O) groups excluding carboxylic acids is 1. The first-order chi connectivity index (χ1) is 21.3. The van der Waals surface area contributed by atoms with E-state index in [-0.39, 0.29) is 34.9 Å². The summed E-state index contributed by atoms with van der Waals surface area (Å²) in [5.41, 5.74) is 4.00. The number of carboxylic acid groups (broad SMARTS) is 1. The zero-order chi connectivity index (χ0) is 32.4. The number of benzene rings is 3. The second-order valence-electron chi connectivity index (χ2n) is 12.5. The van der Waals surface area contributed by atoms with Crippen molar-refractivity contribution in [1.82, 2.24) is 14.1 Å². The molecule has 5 rings (SSSR count). The van der Waals surface area contributed by atoms with Gasteiger partial charge in [-0.25, -0.2) is 22.7 Å². The lowest BCUT2D eigenvalue weighted by Crippen LogP contribution is -2.39. The third-order valence-corrected chi connectivity index (χ3v) is 10.0. The first-order valence-corrected chi connectivity index (χ1v) is 16.4. The van der Waals surface area contributed by atoms with Gasteiger partial charge in [0.2, 0.25) is 10.0 Å². The minimum absolute atomic E-state index is 0.185. The summed E-state index contributed by atoms with van der Waals surface area (Å²) in [6.45, 7) is 8.81. The van der Waals surface area contributed by atoms with Gasteiger partial charge < -0.3 is 10.4 Å². The Morgan fingerprint density at radius 1 is 0.933 bits per heavy atom. The molecule has 1 aromatic heterocycles. The molecule has 1 saturated heterocycles. The van der Waals surface area contributed by atoms with Crippen molar-refractivity contribution in [2.45, 2.75) is 57.3 Å². The average molecular weight is 630 g/mol. The first kappa shape index (κ1) is 31.9. The number of aromatic carboxylic acids is 1. The molecule has 0 bridgehead atoms. The van der Waals surface area contributed by atoms with Crippen molar-refractivity contribution in [2.75, 3.05) is 23.7 Å². The molecule has 1 aliphatic heterocycles. The lowest BCUT2D eigenvalue weighted by atomic mass is 9.90. The van der Waals surface area contributed by atoms with E-state index < -0.39 is 22.0 Å². The van der Waals surface area contributed by atoms with Crippen molar-refractivity contribution in [3.8, 4) is 5.69 Å². The van der Waals surface area contributed by atoms with Crippen molar-refractivity contribution in [3.05, 3.63) is 101 Å². The van der Waals surface area contributed by atoms with Crippen LogP contribution in [0.5, 0.6) is 0 Å². The number of aryl methyl sites for hydroxylation is 1. The van der Waals surface area contributed by atoms with Gasteiger partial charge in [0.25, 0.3) is 0 Å². The number of sulfonamides is 1. The predicted molar refractivity (Wildman–Crippen MR) is 175 cm³/mol. The number of piperidine rings is 1. The van der Waals surface area contributed by atoms with Crippen molar-refractivity contribution in [2.24, 2.45) is 5.92 Å². The van der Waals surface area contributed by atoms with Crippen LogP contribution in [0.25, 0.3) is 5.69 Å². The predicted octanol–water partition coefficient (Wildman–Crippen LogP) is 6.46. The lowest BCUT2D eigenvalue weighted by molar-refractivity contribution is 0.0692. The molecule has 3 aromatic carbocycles. The fourth-order valence-electron chi connectivity index (χ4n) is 5.48. The number of nitrogens with one attached hydrogen (secondary N) is 2. The monoisotopic (exact) mass is 629 g/mol. The summed E-state index contributed by atoms with van der Waals surface area (Å²) < 4.78 is 29.7. The molecule has 0 atom stereocenters. The highest BCUT2D eigenvalue weighted by atomic mass is 32.2. The highest BCUT2D eigenvalue weighted by molar-refractivity contribution is 7.89. The summed E-state index contributed by atoms with van der Waals surface area (Å²) >= 11 is 0. The molecular weight excluding hydrogens is 590 g/mol. The molecule has 4 aromatic rings. The summed E-state index contributed by atoms with van der Waals surface area (Å²) in [5.74, 6) is -0.530. The lowest BCUT2D eigenvalue weighted by Gasteiger charge is -2.32.